The van der Waals surface area contributed by atoms with Gasteiger partial charge in [-0.1, -0.05) is 20.8 Å². The number of methoxy groups -OCH3 is 1. The normalized spacial score (nSPS) is 13.2. The van der Waals surface area contributed by atoms with Gasteiger partial charge in [0, 0.05) is 24.3 Å². The fourth-order valence-electron chi connectivity index (χ4n) is 1.92. The van der Waals surface area contributed by atoms with Crippen molar-refractivity contribution in [2.45, 2.75) is 33.2 Å². The number of hydrogen-bond acceptors (Lipinski definition) is 3. The minimum absolute atomic E-state index is 0.167. The van der Waals surface area contributed by atoms with Crippen molar-refractivity contribution in [3.05, 3.63) is 24.0 Å². The van der Waals surface area contributed by atoms with Crippen molar-refractivity contribution in [2.75, 3.05) is 19.0 Å². The van der Waals surface area contributed by atoms with Crippen molar-refractivity contribution in [3.63, 3.8) is 0 Å². The van der Waals surface area contributed by atoms with Gasteiger partial charge < -0.3 is 15.8 Å². The minimum atomic E-state index is -0.358. The van der Waals surface area contributed by atoms with Crippen LogP contribution in [0, 0.1) is 11.2 Å². The minimum Gasteiger partial charge on any atom is -0.494 e. The van der Waals surface area contributed by atoms with Gasteiger partial charge in [-0.3, -0.25) is 0 Å². The molecule has 3 nitrogen and oxygen atoms in total. The van der Waals surface area contributed by atoms with Gasteiger partial charge in [0.2, 0.25) is 0 Å². The van der Waals surface area contributed by atoms with Gasteiger partial charge in [-0.05, 0) is 24.0 Å². The molecule has 18 heavy (non-hydrogen) atoms. The Morgan fingerprint density at radius 1 is 1.39 bits per heavy atom. The van der Waals surface area contributed by atoms with Crippen LogP contribution in [0.5, 0.6) is 5.75 Å². The highest BCUT2D eigenvalue weighted by molar-refractivity contribution is 5.49. The van der Waals surface area contributed by atoms with E-state index in [9.17, 15) is 4.39 Å². The number of ether oxygens (including phenoxy) is 1. The standard InChI is InChI=1S/C14H23FN2O/c1-14(2,3)8-11(9-16)17-10-5-6-12(15)13(7-10)18-4/h5-7,11,17H,8-9,16H2,1-4H3. The summed E-state index contributed by atoms with van der Waals surface area (Å²) in [5, 5.41) is 3.32. The van der Waals surface area contributed by atoms with Crippen LogP contribution in [-0.4, -0.2) is 19.7 Å². The summed E-state index contributed by atoms with van der Waals surface area (Å²) in [5.41, 5.74) is 6.78. The molecule has 1 aromatic rings. The third-order valence-electron chi connectivity index (χ3n) is 2.67. The Labute approximate surface area is 109 Å². The van der Waals surface area contributed by atoms with Gasteiger partial charge in [0.05, 0.1) is 7.11 Å². The molecular formula is C14H23FN2O. The molecule has 4 heteroatoms. The first kappa shape index (κ1) is 14.8. The number of hydrogen-bond donors (Lipinski definition) is 2. The van der Waals surface area contributed by atoms with Crippen molar-refractivity contribution >= 4 is 5.69 Å². The second-order valence-electron chi connectivity index (χ2n) is 5.69. The van der Waals surface area contributed by atoms with E-state index in [2.05, 4.69) is 26.1 Å². The van der Waals surface area contributed by atoms with Crippen LogP contribution in [0.3, 0.4) is 0 Å². The lowest BCUT2D eigenvalue weighted by molar-refractivity contribution is 0.351. The van der Waals surface area contributed by atoms with Crippen LogP contribution in [0.2, 0.25) is 0 Å². The molecule has 0 saturated heterocycles. The average molecular weight is 254 g/mol. The van der Waals surface area contributed by atoms with Gasteiger partial charge in [-0.25, -0.2) is 4.39 Å². The predicted molar refractivity (Wildman–Crippen MR) is 73.5 cm³/mol. The molecule has 0 spiro atoms. The Morgan fingerprint density at radius 2 is 2.06 bits per heavy atom. The van der Waals surface area contributed by atoms with E-state index in [-0.39, 0.29) is 23.0 Å². The van der Waals surface area contributed by atoms with E-state index in [1.807, 2.05) is 0 Å². The first-order valence-corrected chi connectivity index (χ1v) is 6.16. The Hall–Kier alpha value is -1.29. The second-order valence-corrected chi connectivity index (χ2v) is 5.69. The molecule has 3 N–H and O–H groups in total. The number of benzene rings is 1. The van der Waals surface area contributed by atoms with Gasteiger partial charge in [-0.2, -0.15) is 0 Å². The third-order valence-corrected chi connectivity index (χ3v) is 2.67. The highest BCUT2D eigenvalue weighted by Crippen LogP contribution is 2.25. The van der Waals surface area contributed by atoms with Gasteiger partial charge in [0.15, 0.2) is 11.6 Å². The lowest BCUT2D eigenvalue weighted by Gasteiger charge is -2.26. The van der Waals surface area contributed by atoms with Crippen LogP contribution in [-0.2, 0) is 0 Å². The molecule has 1 unspecified atom stereocenters. The molecule has 0 aliphatic heterocycles. The fraction of sp³-hybridized carbons (Fsp3) is 0.571. The largest absolute Gasteiger partial charge is 0.494 e. The predicted octanol–water partition coefficient (Wildman–Crippen LogP) is 3.01. The van der Waals surface area contributed by atoms with Gasteiger partial charge >= 0.3 is 0 Å². The number of nitrogens with one attached hydrogen (secondary N) is 1. The molecule has 0 aliphatic rings. The molecule has 0 saturated carbocycles. The molecule has 102 valence electrons. The van der Waals surface area contributed by atoms with Crippen LogP contribution in [0.4, 0.5) is 10.1 Å². The Kier molecular flexibility index (Phi) is 4.96. The molecule has 0 bridgehead atoms. The summed E-state index contributed by atoms with van der Waals surface area (Å²) >= 11 is 0. The highest BCUT2D eigenvalue weighted by Gasteiger charge is 2.17. The average Bonchev–Trinajstić information content (AvgIpc) is 2.29. The Bertz CT molecular complexity index is 388. The molecule has 0 heterocycles. The van der Waals surface area contributed by atoms with Crippen molar-refractivity contribution < 1.29 is 9.13 Å². The fourth-order valence-corrected chi connectivity index (χ4v) is 1.92. The van der Waals surface area contributed by atoms with E-state index in [0.717, 1.165) is 12.1 Å². The molecule has 0 aliphatic carbocycles. The zero-order valence-electron chi connectivity index (χ0n) is 11.6. The van der Waals surface area contributed by atoms with Gasteiger partial charge in [0.25, 0.3) is 0 Å². The maximum absolute atomic E-state index is 13.3. The number of halogens is 1. The van der Waals surface area contributed by atoms with Crippen LogP contribution < -0.4 is 15.8 Å². The zero-order valence-corrected chi connectivity index (χ0v) is 11.6. The molecule has 0 aromatic heterocycles. The van der Waals surface area contributed by atoms with E-state index in [1.54, 1.807) is 12.1 Å². The third kappa shape index (κ3) is 4.53. The molecule has 1 aromatic carbocycles. The van der Waals surface area contributed by atoms with Crippen LogP contribution in [0.25, 0.3) is 0 Å². The smallest absolute Gasteiger partial charge is 0.165 e. The molecule has 0 amide bonds. The van der Waals surface area contributed by atoms with Crippen molar-refractivity contribution in [1.82, 2.24) is 0 Å². The molecule has 1 rings (SSSR count). The summed E-state index contributed by atoms with van der Waals surface area (Å²) in [7, 11) is 1.46. The summed E-state index contributed by atoms with van der Waals surface area (Å²) in [6.45, 7) is 7.05. The van der Waals surface area contributed by atoms with Crippen molar-refractivity contribution in [2.24, 2.45) is 11.1 Å². The quantitative estimate of drug-likeness (QED) is 0.849. The van der Waals surface area contributed by atoms with E-state index in [0.29, 0.717) is 6.54 Å². The van der Waals surface area contributed by atoms with Crippen LogP contribution in [0.15, 0.2) is 18.2 Å². The Morgan fingerprint density at radius 3 is 2.56 bits per heavy atom. The first-order valence-electron chi connectivity index (χ1n) is 6.16. The SMILES string of the molecule is COc1cc(NC(CN)CC(C)(C)C)ccc1F. The number of rotatable bonds is 5. The summed E-state index contributed by atoms with van der Waals surface area (Å²) in [6.07, 6.45) is 0.948. The molecule has 1 atom stereocenters. The summed E-state index contributed by atoms with van der Waals surface area (Å²) in [6, 6.07) is 4.91. The molecule has 0 radical (unpaired) electrons. The summed E-state index contributed by atoms with van der Waals surface area (Å²) in [5.74, 6) is -0.116. The highest BCUT2D eigenvalue weighted by atomic mass is 19.1. The molecule has 0 fully saturated rings. The van der Waals surface area contributed by atoms with Crippen LogP contribution in [0.1, 0.15) is 27.2 Å². The summed E-state index contributed by atoms with van der Waals surface area (Å²) < 4.78 is 18.2. The topological polar surface area (TPSA) is 47.3 Å². The monoisotopic (exact) mass is 254 g/mol. The first-order chi connectivity index (χ1) is 8.35. The number of anilines is 1. The molecular weight excluding hydrogens is 231 g/mol. The summed E-state index contributed by atoms with van der Waals surface area (Å²) in [4.78, 5) is 0. The lowest BCUT2D eigenvalue weighted by Crippen LogP contribution is -2.32. The van der Waals surface area contributed by atoms with E-state index >= 15 is 0 Å². The van der Waals surface area contributed by atoms with Crippen molar-refractivity contribution in [1.29, 1.82) is 0 Å². The zero-order chi connectivity index (χ0) is 13.8. The van der Waals surface area contributed by atoms with Crippen LogP contribution >= 0.6 is 0 Å². The maximum atomic E-state index is 13.3. The van der Waals surface area contributed by atoms with E-state index in [4.69, 9.17) is 10.5 Å². The maximum Gasteiger partial charge on any atom is 0.165 e. The second kappa shape index (κ2) is 6.05. The van der Waals surface area contributed by atoms with Crippen molar-refractivity contribution in [3.8, 4) is 5.75 Å². The van der Waals surface area contributed by atoms with Gasteiger partial charge in [-0.15, -0.1) is 0 Å². The lowest BCUT2D eigenvalue weighted by atomic mass is 9.88. The van der Waals surface area contributed by atoms with E-state index in [1.165, 1.54) is 13.2 Å². The van der Waals surface area contributed by atoms with E-state index < -0.39 is 0 Å². The number of nitrogens with two attached hydrogens (primary N) is 1. The van der Waals surface area contributed by atoms with Gasteiger partial charge in [0.1, 0.15) is 0 Å². The Balaban J connectivity index is 2.76.